The van der Waals surface area contributed by atoms with E-state index in [2.05, 4.69) is 40.2 Å². The normalized spacial score (nSPS) is 18.6. The van der Waals surface area contributed by atoms with Crippen molar-refractivity contribution >= 4 is 27.5 Å². The quantitative estimate of drug-likeness (QED) is 0.680. The molecule has 2 aromatic rings. The Kier molecular flexibility index (Phi) is 3.64. The molecule has 0 fully saturated rings. The Balaban J connectivity index is 1.79. The van der Waals surface area contributed by atoms with Crippen LogP contribution in [0.3, 0.4) is 0 Å². The van der Waals surface area contributed by atoms with Crippen molar-refractivity contribution < 1.29 is 4.39 Å². The lowest BCUT2D eigenvalue weighted by Gasteiger charge is -2.34. The lowest BCUT2D eigenvalue weighted by atomic mass is 9.75. The summed E-state index contributed by atoms with van der Waals surface area (Å²) in [5.74, 6) is 0.233. The van der Waals surface area contributed by atoms with Crippen LogP contribution in [0.5, 0.6) is 0 Å². The van der Waals surface area contributed by atoms with Crippen LogP contribution in [0, 0.1) is 5.82 Å². The Labute approximate surface area is 125 Å². The molecule has 1 aliphatic rings. The monoisotopic (exact) mass is 338 g/mol. The van der Waals surface area contributed by atoms with Crippen molar-refractivity contribution in [3.63, 3.8) is 0 Å². The van der Waals surface area contributed by atoms with Gasteiger partial charge in [0.15, 0.2) is 0 Å². The molecule has 19 heavy (non-hydrogen) atoms. The predicted molar refractivity (Wildman–Crippen MR) is 80.7 cm³/mol. The minimum atomic E-state index is -0.218. The van der Waals surface area contributed by atoms with Gasteiger partial charge < -0.3 is 0 Å². The van der Waals surface area contributed by atoms with Gasteiger partial charge in [-0.15, -0.1) is 0 Å². The van der Waals surface area contributed by atoms with Crippen LogP contribution in [0.2, 0.25) is 5.02 Å². The van der Waals surface area contributed by atoms with E-state index in [1.165, 1.54) is 17.2 Å². The predicted octanol–water partition coefficient (Wildman–Crippen LogP) is 5.13. The first kappa shape index (κ1) is 13.1. The average molecular weight is 340 g/mol. The molecular formula is C16H13BrClF. The first-order valence-electron chi connectivity index (χ1n) is 6.31. The molecule has 0 saturated heterocycles. The summed E-state index contributed by atoms with van der Waals surface area (Å²) >= 11 is 9.78. The number of hydrogen-bond donors (Lipinski definition) is 0. The molecule has 0 aromatic heterocycles. The second-order valence-electron chi connectivity index (χ2n) is 4.93. The second kappa shape index (κ2) is 5.26. The lowest BCUT2D eigenvalue weighted by Crippen LogP contribution is -2.26. The van der Waals surface area contributed by atoms with Crippen LogP contribution in [0.25, 0.3) is 0 Å². The fraction of sp³-hybridized carbons (Fsp3) is 0.250. The highest BCUT2D eigenvalue weighted by molar-refractivity contribution is 9.09. The lowest BCUT2D eigenvalue weighted by molar-refractivity contribution is 0.559. The molecule has 3 heteroatoms. The highest BCUT2D eigenvalue weighted by Gasteiger charge is 2.31. The van der Waals surface area contributed by atoms with Gasteiger partial charge in [0.05, 0.1) is 0 Å². The minimum Gasteiger partial charge on any atom is -0.207 e. The van der Waals surface area contributed by atoms with Crippen molar-refractivity contribution in [1.82, 2.24) is 0 Å². The summed E-state index contributed by atoms with van der Waals surface area (Å²) in [6.07, 6.45) is 1.67. The SMILES string of the molecule is Fc1cccc(Cl)c1CC(Br)C1Cc2ccccc21. The van der Waals surface area contributed by atoms with Gasteiger partial charge in [0.1, 0.15) is 5.82 Å². The van der Waals surface area contributed by atoms with Crippen LogP contribution in [0.1, 0.15) is 22.6 Å². The molecule has 0 nitrogen and oxygen atoms in total. The van der Waals surface area contributed by atoms with E-state index in [0.717, 1.165) is 6.42 Å². The molecule has 3 rings (SSSR count). The Hall–Kier alpha value is -0.860. The molecule has 0 spiro atoms. The summed E-state index contributed by atoms with van der Waals surface area (Å²) in [4.78, 5) is 0.219. The van der Waals surface area contributed by atoms with Gasteiger partial charge in [-0.25, -0.2) is 4.39 Å². The van der Waals surface area contributed by atoms with E-state index in [0.29, 0.717) is 22.9 Å². The van der Waals surface area contributed by atoms with E-state index in [9.17, 15) is 4.39 Å². The number of rotatable bonds is 3. The smallest absolute Gasteiger partial charge is 0.127 e. The van der Waals surface area contributed by atoms with Crippen molar-refractivity contribution in [1.29, 1.82) is 0 Å². The molecule has 0 saturated carbocycles. The highest BCUT2D eigenvalue weighted by atomic mass is 79.9. The van der Waals surface area contributed by atoms with Crippen molar-refractivity contribution in [2.24, 2.45) is 0 Å². The minimum absolute atomic E-state index is 0.218. The molecule has 2 unspecified atom stereocenters. The van der Waals surface area contributed by atoms with Crippen molar-refractivity contribution in [2.45, 2.75) is 23.6 Å². The first-order chi connectivity index (χ1) is 9.16. The van der Waals surface area contributed by atoms with E-state index >= 15 is 0 Å². The van der Waals surface area contributed by atoms with Gasteiger partial charge >= 0.3 is 0 Å². The zero-order chi connectivity index (χ0) is 13.4. The van der Waals surface area contributed by atoms with E-state index in [-0.39, 0.29) is 10.6 Å². The molecule has 1 aliphatic carbocycles. The highest BCUT2D eigenvalue weighted by Crippen LogP contribution is 2.41. The number of alkyl halides is 1. The Morgan fingerprint density at radius 1 is 1.21 bits per heavy atom. The first-order valence-corrected chi connectivity index (χ1v) is 7.61. The van der Waals surface area contributed by atoms with Gasteiger partial charge in [0.25, 0.3) is 0 Å². The Bertz CT molecular complexity index is 591. The van der Waals surface area contributed by atoms with Crippen LogP contribution in [0.4, 0.5) is 4.39 Å². The van der Waals surface area contributed by atoms with E-state index in [1.807, 2.05) is 0 Å². The third-order valence-electron chi connectivity index (χ3n) is 3.79. The molecule has 0 bridgehead atoms. The topological polar surface area (TPSA) is 0 Å². The number of halogens is 3. The van der Waals surface area contributed by atoms with Crippen LogP contribution < -0.4 is 0 Å². The third-order valence-corrected chi connectivity index (χ3v) is 5.11. The Morgan fingerprint density at radius 3 is 2.74 bits per heavy atom. The molecule has 0 aliphatic heterocycles. The van der Waals surface area contributed by atoms with E-state index in [4.69, 9.17) is 11.6 Å². The van der Waals surface area contributed by atoms with Crippen LogP contribution in [0.15, 0.2) is 42.5 Å². The summed E-state index contributed by atoms with van der Waals surface area (Å²) in [7, 11) is 0. The van der Waals surface area contributed by atoms with Gasteiger partial charge in [-0.1, -0.05) is 57.9 Å². The van der Waals surface area contributed by atoms with E-state index in [1.54, 1.807) is 12.1 Å². The van der Waals surface area contributed by atoms with Gasteiger partial charge in [-0.05, 0) is 36.1 Å². The average Bonchev–Trinajstić information content (AvgIpc) is 2.35. The van der Waals surface area contributed by atoms with Gasteiger partial charge in [-0.3, -0.25) is 0 Å². The summed E-state index contributed by atoms with van der Waals surface area (Å²) in [6.45, 7) is 0. The maximum atomic E-state index is 13.8. The standard InChI is InChI=1S/C16H13BrClF/c17-14(9-13-15(18)6-3-7-16(13)19)12-8-10-4-1-2-5-11(10)12/h1-7,12,14H,8-9H2. The maximum Gasteiger partial charge on any atom is 0.127 e. The van der Waals surface area contributed by atoms with Crippen molar-refractivity contribution in [3.05, 3.63) is 70.0 Å². The summed E-state index contributed by atoms with van der Waals surface area (Å²) in [5, 5.41) is 0.511. The molecule has 2 atom stereocenters. The fourth-order valence-electron chi connectivity index (χ4n) is 2.68. The zero-order valence-electron chi connectivity index (χ0n) is 10.2. The molecule has 0 amide bonds. The van der Waals surface area contributed by atoms with Crippen LogP contribution >= 0.6 is 27.5 Å². The second-order valence-corrected chi connectivity index (χ2v) is 6.51. The molecular weight excluding hydrogens is 327 g/mol. The maximum absolute atomic E-state index is 13.8. The van der Waals surface area contributed by atoms with E-state index < -0.39 is 0 Å². The number of fused-ring (bicyclic) bond motifs is 1. The summed E-state index contributed by atoms with van der Waals surface area (Å²) in [6, 6.07) is 13.3. The molecule has 2 aromatic carbocycles. The molecule has 0 heterocycles. The largest absolute Gasteiger partial charge is 0.207 e. The zero-order valence-corrected chi connectivity index (χ0v) is 12.6. The van der Waals surface area contributed by atoms with Crippen LogP contribution in [-0.2, 0) is 12.8 Å². The number of benzene rings is 2. The summed E-state index contributed by atoms with van der Waals surface area (Å²) < 4.78 is 13.8. The molecule has 98 valence electrons. The molecule has 0 N–H and O–H groups in total. The van der Waals surface area contributed by atoms with Crippen LogP contribution in [-0.4, -0.2) is 4.83 Å². The van der Waals surface area contributed by atoms with Crippen molar-refractivity contribution in [2.75, 3.05) is 0 Å². The summed E-state index contributed by atoms with van der Waals surface area (Å²) in [5.41, 5.74) is 3.38. The third kappa shape index (κ3) is 2.44. The van der Waals surface area contributed by atoms with Gasteiger partial charge in [0.2, 0.25) is 0 Å². The fourth-order valence-corrected chi connectivity index (χ4v) is 3.72. The van der Waals surface area contributed by atoms with Crippen molar-refractivity contribution in [3.8, 4) is 0 Å². The molecule has 0 radical (unpaired) electrons. The Morgan fingerprint density at radius 2 is 2.00 bits per heavy atom. The van der Waals surface area contributed by atoms with Gasteiger partial charge in [-0.2, -0.15) is 0 Å². The van der Waals surface area contributed by atoms with Gasteiger partial charge in [0, 0.05) is 21.3 Å². The number of hydrogen-bond acceptors (Lipinski definition) is 0.